The third kappa shape index (κ3) is 3.59. The highest BCUT2D eigenvalue weighted by atomic mass is 28.5. The van der Waals surface area contributed by atoms with Gasteiger partial charge in [0, 0.05) is 20.3 Å². The molecule has 0 saturated carbocycles. The van der Waals surface area contributed by atoms with Gasteiger partial charge in [-0.05, 0) is 40.4 Å². The van der Waals surface area contributed by atoms with Crippen molar-refractivity contribution in [3.05, 3.63) is 0 Å². The predicted octanol–water partition coefficient (Wildman–Crippen LogP) is 1.17. The Kier molecular flexibility index (Phi) is 6.57. The molecule has 3 atom stereocenters. The molecule has 0 aliphatic carbocycles. The molecule has 0 aromatic carbocycles. The zero-order valence-electron chi connectivity index (χ0n) is 13.6. The summed E-state index contributed by atoms with van der Waals surface area (Å²) in [6.45, 7) is 13.0. The molecular formula is C11H28O6Si3. The lowest BCUT2D eigenvalue weighted by Crippen LogP contribution is -2.74. The zero-order valence-corrected chi connectivity index (χ0v) is 17.1. The number of hydrogen-bond donors (Lipinski definition) is 0. The van der Waals surface area contributed by atoms with Crippen LogP contribution in [0.1, 0.15) is 20.8 Å². The maximum atomic E-state index is 6.28. The molecule has 0 aromatic rings. The fraction of sp³-hybridized carbons (Fsp3) is 1.00. The van der Waals surface area contributed by atoms with Crippen LogP contribution in [0.25, 0.3) is 0 Å². The quantitative estimate of drug-likeness (QED) is 0.512. The van der Waals surface area contributed by atoms with Gasteiger partial charge in [0.15, 0.2) is 0 Å². The molecule has 0 aromatic heterocycles. The molecule has 9 heteroatoms. The van der Waals surface area contributed by atoms with Gasteiger partial charge in [-0.15, -0.1) is 0 Å². The maximum absolute atomic E-state index is 6.28. The Morgan fingerprint density at radius 2 is 1.80 bits per heavy atom. The number of ether oxygens (including phenoxy) is 3. The molecule has 3 unspecified atom stereocenters. The van der Waals surface area contributed by atoms with Gasteiger partial charge in [0.25, 0.3) is 10.0 Å². The second kappa shape index (κ2) is 7.11. The van der Waals surface area contributed by atoms with E-state index in [9.17, 15) is 0 Å². The molecule has 1 rings (SSSR count). The molecule has 0 spiro atoms. The molecule has 0 N–H and O–H groups in total. The Hall–Kier alpha value is 0.411. The van der Waals surface area contributed by atoms with E-state index in [4.69, 9.17) is 26.6 Å². The lowest BCUT2D eigenvalue weighted by molar-refractivity contribution is -0.240. The smallest absolute Gasteiger partial charge is 0.382 e. The van der Waals surface area contributed by atoms with Crippen LogP contribution in [0.4, 0.5) is 0 Å². The number of hydrogen-bond acceptors (Lipinski definition) is 6. The van der Waals surface area contributed by atoms with Crippen molar-refractivity contribution in [3.63, 3.8) is 0 Å². The Morgan fingerprint density at radius 3 is 2.25 bits per heavy atom. The summed E-state index contributed by atoms with van der Waals surface area (Å²) in [5.41, 5.74) is -0.973. The standard InChI is InChI=1S/C11H28O6Si3/c1-8-13-10(3)11(12-4,14-9-2)20(7)16-18-15-19(5,6)17-20/h10H,8-9,18H2,1-7H3. The molecule has 1 saturated heterocycles. The van der Waals surface area contributed by atoms with Crippen LogP contribution in [0.15, 0.2) is 0 Å². The molecule has 120 valence electrons. The zero-order chi connectivity index (χ0) is 15.4. The molecule has 0 amide bonds. The van der Waals surface area contributed by atoms with Crippen LogP contribution in [-0.4, -0.2) is 59.0 Å². The Balaban J connectivity index is 3.13. The Labute approximate surface area is 126 Å². The minimum Gasteiger partial charge on any atom is -0.420 e. The van der Waals surface area contributed by atoms with Gasteiger partial charge >= 0.3 is 17.1 Å². The fourth-order valence-electron chi connectivity index (χ4n) is 2.59. The number of rotatable bonds is 7. The minimum atomic E-state index is -2.74. The molecule has 1 aliphatic rings. The van der Waals surface area contributed by atoms with Crippen molar-refractivity contribution < 1.29 is 26.6 Å². The van der Waals surface area contributed by atoms with Gasteiger partial charge < -0.3 is 26.6 Å². The van der Waals surface area contributed by atoms with Crippen LogP contribution < -0.4 is 0 Å². The predicted molar refractivity (Wildman–Crippen MR) is 83.4 cm³/mol. The largest absolute Gasteiger partial charge is 0.420 e. The monoisotopic (exact) mass is 340 g/mol. The van der Waals surface area contributed by atoms with Crippen molar-refractivity contribution in [1.29, 1.82) is 0 Å². The summed E-state index contributed by atoms with van der Waals surface area (Å²) in [7, 11) is -4.35. The summed E-state index contributed by atoms with van der Waals surface area (Å²) in [6, 6.07) is 0. The van der Waals surface area contributed by atoms with Crippen LogP contribution in [-0.2, 0) is 26.6 Å². The molecule has 0 bridgehead atoms. The summed E-state index contributed by atoms with van der Waals surface area (Å²) in [5, 5.41) is 0. The Bertz CT molecular complexity index is 319. The average Bonchev–Trinajstić information content (AvgIpc) is 2.34. The van der Waals surface area contributed by atoms with Gasteiger partial charge in [-0.2, -0.15) is 0 Å². The SMILES string of the molecule is CCOC(C)C(OC)(OCC)[Si]1(C)O[SiH2]O[Si](C)(C)O1. The first kappa shape index (κ1) is 18.5. The van der Waals surface area contributed by atoms with Crippen molar-refractivity contribution in [2.45, 2.75) is 51.9 Å². The number of methoxy groups -OCH3 is 1. The van der Waals surface area contributed by atoms with Gasteiger partial charge in [0.1, 0.15) is 6.10 Å². The van der Waals surface area contributed by atoms with Gasteiger partial charge in [0.05, 0.1) is 0 Å². The van der Waals surface area contributed by atoms with E-state index in [0.29, 0.717) is 13.2 Å². The topological polar surface area (TPSA) is 55.4 Å². The van der Waals surface area contributed by atoms with E-state index < -0.39 is 32.5 Å². The van der Waals surface area contributed by atoms with Crippen LogP contribution >= 0.6 is 0 Å². The third-order valence-corrected chi connectivity index (χ3v) is 14.9. The first-order valence-corrected chi connectivity index (χ1v) is 13.3. The van der Waals surface area contributed by atoms with Crippen LogP contribution in [0.2, 0.25) is 19.6 Å². The molecule has 1 fully saturated rings. The summed E-state index contributed by atoms with van der Waals surface area (Å²) in [5.74, 6) is 0. The van der Waals surface area contributed by atoms with Crippen LogP contribution in [0.3, 0.4) is 0 Å². The normalized spacial score (nSPS) is 31.9. The second-order valence-electron chi connectivity index (χ2n) is 5.26. The summed E-state index contributed by atoms with van der Waals surface area (Å²) in [6.07, 6.45) is -0.272. The van der Waals surface area contributed by atoms with Gasteiger partial charge in [0.2, 0.25) is 5.41 Å². The summed E-state index contributed by atoms with van der Waals surface area (Å²) < 4.78 is 35.5. The highest BCUT2D eigenvalue weighted by Gasteiger charge is 2.64. The molecule has 20 heavy (non-hydrogen) atoms. The van der Waals surface area contributed by atoms with Crippen molar-refractivity contribution >= 4 is 27.1 Å². The lowest BCUT2D eigenvalue weighted by Gasteiger charge is -2.51. The molecule has 1 heterocycles. The van der Waals surface area contributed by atoms with Crippen molar-refractivity contribution in [3.8, 4) is 0 Å². The molecule has 6 nitrogen and oxygen atoms in total. The van der Waals surface area contributed by atoms with E-state index in [1.807, 2.05) is 40.4 Å². The van der Waals surface area contributed by atoms with Crippen molar-refractivity contribution in [2.24, 2.45) is 0 Å². The fourth-order valence-corrected chi connectivity index (χ4v) is 13.6. The summed E-state index contributed by atoms with van der Waals surface area (Å²) >= 11 is 0. The van der Waals surface area contributed by atoms with E-state index in [-0.39, 0.29) is 6.10 Å². The first-order valence-electron chi connectivity index (χ1n) is 7.05. The van der Waals surface area contributed by atoms with Crippen molar-refractivity contribution in [2.75, 3.05) is 20.3 Å². The highest BCUT2D eigenvalue weighted by molar-refractivity contribution is 6.86. The summed E-state index contributed by atoms with van der Waals surface area (Å²) in [4.78, 5) is 0. The first-order chi connectivity index (χ1) is 9.27. The average molecular weight is 341 g/mol. The minimum absolute atomic E-state index is 0.272. The lowest BCUT2D eigenvalue weighted by atomic mass is 10.4. The van der Waals surface area contributed by atoms with Crippen LogP contribution in [0, 0.1) is 0 Å². The van der Waals surface area contributed by atoms with Gasteiger partial charge in [-0.25, -0.2) is 0 Å². The second-order valence-corrected chi connectivity index (χ2v) is 14.0. The highest BCUT2D eigenvalue weighted by Crippen LogP contribution is 2.37. The Morgan fingerprint density at radius 1 is 1.15 bits per heavy atom. The van der Waals surface area contributed by atoms with E-state index in [1.165, 1.54) is 0 Å². The third-order valence-electron chi connectivity index (χ3n) is 3.43. The van der Waals surface area contributed by atoms with E-state index in [0.717, 1.165) is 0 Å². The van der Waals surface area contributed by atoms with E-state index in [2.05, 4.69) is 0 Å². The molecular weight excluding hydrogens is 312 g/mol. The van der Waals surface area contributed by atoms with Crippen LogP contribution in [0.5, 0.6) is 0 Å². The van der Waals surface area contributed by atoms with E-state index >= 15 is 0 Å². The van der Waals surface area contributed by atoms with E-state index in [1.54, 1.807) is 7.11 Å². The van der Waals surface area contributed by atoms with Crippen molar-refractivity contribution in [1.82, 2.24) is 0 Å². The molecule has 1 aliphatic heterocycles. The van der Waals surface area contributed by atoms with Gasteiger partial charge in [-0.3, -0.25) is 0 Å². The molecule has 0 radical (unpaired) electrons. The van der Waals surface area contributed by atoms with Gasteiger partial charge in [-0.1, -0.05) is 0 Å². The maximum Gasteiger partial charge on any atom is 0.382 e.